The molecule has 0 spiro atoms. The van der Waals surface area contributed by atoms with Crippen LogP contribution in [-0.4, -0.2) is 16.2 Å². The molecule has 0 aliphatic rings. The summed E-state index contributed by atoms with van der Waals surface area (Å²) in [6, 6.07) is 6.01. The lowest BCUT2D eigenvalue weighted by atomic mass is 10.0. The Morgan fingerprint density at radius 3 is 2.45 bits per heavy atom. The molecular weight excluding hydrogens is 287 g/mol. The summed E-state index contributed by atoms with van der Waals surface area (Å²) < 4.78 is 19.8. The largest absolute Gasteiger partial charge is 0.361 e. The Balaban J connectivity index is 2.52. The first-order valence-corrected chi connectivity index (χ1v) is 7.23. The van der Waals surface area contributed by atoms with Crippen molar-refractivity contribution in [3.63, 3.8) is 0 Å². The van der Waals surface area contributed by atoms with Crippen molar-refractivity contribution in [2.45, 2.75) is 33.4 Å². The Kier molecular flexibility index (Phi) is 5.27. The number of hydrogen-bond acceptors (Lipinski definition) is 3. The summed E-state index contributed by atoms with van der Waals surface area (Å²) in [5.41, 5.74) is 1.11. The standard InChI is InChI=1S/C16H19FN2O3/c1-3-13-14(9-11-5-7-12(17)8-6-11)19(10-22-4-2)16(21)18-15(13)20/h5-8H,3-4,9-10H2,1-2H3,(H,18,20,21). The van der Waals surface area contributed by atoms with Gasteiger partial charge in [0.2, 0.25) is 0 Å². The summed E-state index contributed by atoms with van der Waals surface area (Å²) in [7, 11) is 0. The summed E-state index contributed by atoms with van der Waals surface area (Å²) in [5.74, 6) is -0.322. The summed E-state index contributed by atoms with van der Waals surface area (Å²) in [6.07, 6.45) is 0.869. The van der Waals surface area contributed by atoms with Crippen molar-refractivity contribution < 1.29 is 9.13 Å². The molecule has 0 amide bonds. The average molecular weight is 306 g/mol. The van der Waals surface area contributed by atoms with Crippen LogP contribution in [0.3, 0.4) is 0 Å². The summed E-state index contributed by atoms with van der Waals surface area (Å²) >= 11 is 0. The molecule has 1 N–H and O–H groups in total. The van der Waals surface area contributed by atoms with Crippen molar-refractivity contribution in [2.24, 2.45) is 0 Å². The van der Waals surface area contributed by atoms with Gasteiger partial charge in [0.15, 0.2) is 0 Å². The third-order valence-corrected chi connectivity index (χ3v) is 3.48. The fraction of sp³-hybridized carbons (Fsp3) is 0.375. The lowest BCUT2D eigenvalue weighted by molar-refractivity contribution is 0.0822. The zero-order valence-electron chi connectivity index (χ0n) is 12.7. The van der Waals surface area contributed by atoms with Gasteiger partial charge in [0.25, 0.3) is 5.56 Å². The van der Waals surface area contributed by atoms with E-state index >= 15 is 0 Å². The Labute approximate surface area is 127 Å². The normalized spacial score (nSPS) is 10.9. The van der Waals surface area contributed by atoms with Crippen LogP contribution in [0.15, 0.2) is 33.9 Å². The van der Waals surface area contributed by atoms with Gasteiger partial charge in [-0.3, -0.25) is 14.3 Å². The number of nitrogens with zero attached hydrogens (tertiary/aromatic N) is 1. The lowest BCUT2D eigenvalue weighted by Crippen LogP contribution is -2.36. The maximum Gasteiger partial charge on any atom is 0.330 e. The van der Waals surface area contributed by atoms with Crippen molar-refractivity contribution in [3.8, 4) is 0 Å². The third-order valence-electron chi connectivity index (χ3n) is 3.48. The van der Waals surface area contributed by atoms with Gasteiger partial charge in [0.1, 0.15) is 12.5 Å². The molecule has 0 aliphatic heterocycles. The molecule has 0 fully saturated rings. The number of rotatable bonds is 6. The topological polar surface area (TPSA) is 64.1 Å². The zero-order valence-corrected chi connectivity index (χ0v) is 12.7. The minimum absolute atomic E-state index is 0.0790. The highest BCUT2D eigenvalue weighted by Crippen LogP contribution is 2.12. The molecule has 0 atom stereocenters. The maximum atomic E-state index is 13.0. The van der Waals surface area contributed by atoms with Crippen molar-refractivity contribution in [3.05, 3.63) is 67.7 Å². The van der Waals surface area contributed by atoms with Crippen molar-refractivity contribution >= 4 is 0 Å². The Bertz CT molecular complexity index is 747. The zero-order chi connectivity index (χ0) is 16.1. The van der Waals surface area contributed by atoms with Gasteiger partial charge in [-0.1, -0.05) is 19.1 Å². The highest BCUT2D eigenvalue weighted by molar-refractivity contribution is 5.27. The quantitative estimate of drug-likeness (QED) is 0.885. The van der Waals surface area contributed by atoms with Gasteiger partial charge in [-0.2, -0.15) is 0 Å². The van der Waals surface area contributed by atoms with E-state index in [1.807, 2.05) is 13.8 Å². The third kappa shape index (κ3) is 3.51. The minimum Gasteiger partial charge on any atom is -0.361 e. The smallest absolute Gasteiger partial charge is 0.330 e. The lowest BCUT2D eigenvalue weighted by Gasteiger charge is -2.15. The number of benzene rings is 1. The first kappa shape index (κ1) is 16.2. The molecule has 6 heteroatoms. The van der Waals surface area contributed by atoms with E-state index in [1.54, 1.807) is 12.1 Å². The van der Waals surface area contributed by atoms with Crippen LogP contribution in [0.2, 0.25) is 0 Å². The molecule has 22 heavy (non-hydrogen) atoms. The fourth-order valence-corrected chi connectivity index (χ4v) is 2.34. The molecule has 1 aromatic carbocycles. The number of nitrogens with one attached hydrogen (secondary N) is 1. The predicted octanol–water partition coefficient (Wildman–Crippen LogP) is 1.82. The molecule has 0 unspecified atom stereocenters. The second kappa shape index (κ2) is 7.17. The van der Waals surface area contributed by atoms with E-state index in [0.717, 1.165) is 5.56 Å². The second-order valence-electron chi connectivity index (χ2n) is 4.89. The van der Waals surface area contributed by atoms with Crippen LogP contribution in [0.1, 0.15) is 30.7 Å². The van der Waals surface area contributed by atoms with Gasteiger partial charge in [0, 0.05) is 24.3 Å². The number of aromatic nitrogens is 2. The van der Waals surface area contributed by atoms with Crippen LogP contribution in [0.4, 0.5) is 4.39 Å². The number of hydrogen-bond donors (Lipinski definition) is 1. The fourth-order valence-electron chi connectivity index (χ4n) is 2.34. The van der Waals surface area contributed by atoms with E-state index in [0.29, 0.717) is 30.7 Å². The monoisotopic (exact) mass is 306 g/mol. The molecule has 2 rings (SSSR count). The first-order valence-electron chi connectivity index (χ1n) is 7.23. The van der Waals surface area contributed by atoms with Gasteiger partial charge in [-0.15, -0.1) is 0 Å². The molecule has 1 aromatic heterocycles. The van der Waals surface area contributed by atoms with Gasteiger partial charge in [-0.25, -0.2) is 9.18 Å². The van der Waals surface area contributed by atoms with E-state index in [-0.39, 0.29) is 18.1 Å². The first-order chi connectivity index (χ1) is 10.6. The highest BCUT2D eigenvalue weighted by Gasteiger charge is 2.14. The molecule has 2 aromatic rings. The molecule has 0 bridgehead atoms. The Morgan fingerprint density at radius 1 is 1.18 bits per heavy atom. The number of H-pyrrole nitrogens is 1. The molecular formula is C16H19FN2O3. The number of halogens is 1. The summed E-state index contributed by atoms with van der Waals surface area (Å²) in [4.78, 5) is 26.4. The van der Waals surface area contributed by atoms with Crippen LogP contribution in [0, 0.1) is 5.82 Å². The molecule has 5 nitrogen and oxygen atoms in total. The van der Waals surface area contributed by atoms with E-state index in [2.05, 4.69) is 4.98 Å². The van der Waals surface area contributed by atoms with Crippen LogP contribution >= 0.6 is 0 Å². The molecule has 118 valence electrons. The van der Waals surface area contributed by atoms with E-state index in [1.165, 1.54) is 16.7 Å². The molecule has 0 saturated carbocycles. The summed E-state index contributed by atoms with van der Waals surface area (Å²) in [5, 5.41) is 0. The van der Waals surface area contributed by atoms with Gasteiger partial charge in [0.05, 0.1) is 0 Å². The summed E-state index contributed by atoms with van der Waals surface area (Å²) in [6.45, 7) is 4.23. The molecule has 0 aliphatic carbocycles. The molecule has 0 radical (unpaired) electrons. The molecule has 0 saturated heterocycles. The van der Waals surface area contributed by atoms with Crippen LogP contribution in [0.25, 0.3) is 0 Å². The van der Waals surface area contributed by atoms with Crippen molar-refractivity contribution in [1.82, 2.24) is 9.55 Å². The van der Waals surface area contributed by atoms with Crippen LogP contribution in [-0.2, 0) is 24.3 Å². The minimum atomic E-state index is -0.493. The van der Waals surface area contributed by atoms with Crippen molar-refractivity contribution in [2.75, 3.05) is 6.61 Å². The van der Waals surface area contributed by atoms with E-state index in [9.17, 15) is 14.0 Å². The average Bonchev–Trinajstić information content (AvgIpc) is 2.49. The van der Waals surface area contributed by atoms with Gasteiger partial charge < -0.3 is 4.74 Å². The second-order valence-corrected chi connectivity index (χ2v) is 4.89. The molecule has 1 heterocycles. The van der Waals surface area contributed by atoms with Gasteiger partial charge in [-0.05, 0) is 31.0 Å². The van der Waals surface area contributed by atoms with E-state index < -0.39 is 5.69 Å². The number of ether oxygens (including phenoxy) is 1. The Morgan fingerprint density at radius 2 is 1.86 bits per heavy atom. The number of aromatic amines is 1. The highest BCUT2D eigenvalue weighted by atomic mass is 19.1. The SMILES string of the molecule is CCOCn1c(Cc2ccc(F)cc2)c(CC)c(=O)[nH]c1=O. The maximum absolute atomic E-state index is 13.0. The Hall–Kier alpha value is -2.21. The van der Waals surface area contributed by atoms with Crippen LogP contribution < -0.4 is 11.2 Å². The van der Waals surface area contributed by atoms with E-state index in [4.69, 9.17) is 4.74 Å². The van der Waals surface area contributed by atoms with Crippen LogP contribution in [0.5, 0.6) is 0 Å². The predicted molar refractivity (Wildman–Crippen MR) is 81.5 cm³/mol. The van der Waals surface area contributed by atoms with Gasteiger partial charge >= 0.3 is 5.69 Å². The van der Waals surface area contributed by atoms with Crippen molar-refractivity contribution in [1.29, 1.82) is 0 Å².